The molecule has 0 aromatic rings. The summed E-state index contributed by atoms with van der Waals surface area (Å²) < 4.78 is 0. The lowest BCUT2D eigenvalue weighted by Crippen LogP contribution is -1.89. The number of hydrogen-bond donors (Lipinski definition) is 0. The van der Waals surface area contributed by atoms with Crippen LogP contribution in [0.2, 0.25) is 0 Å². The van der Waals surface area contributed by atoms with E-state index in [1.54, 1.807) is 23.7 Å². The highest BCUT2D eigenvalue weighted by molar-refractivity contribution is 9.11. The van der Waals surface area contributed by atoms with Gasteiger partial charge >= 0.3 is 0 Å². The summed E-state index contributed by atoms with van der Waals surface area (Å²) in [4.78, 5) is 13.5. The first kappa shape index (κ1) is 11.0. The molecule has 0 saturated heterocycles. The zero-order valence-electron chi connectivity index (χ0n) is 6.63. The molecule has 0 bridgehead atoms. The van der Waals surface area contributed by atoms with Crippen LogP contribution in [0, 0.1) is 0 Å². The average molecular weight is 235 g/mol. The highest BCUT2D eigenvalue weighted by Gasteiger charge is 1.97. The molecule has 0 rings (SSSR count). The molecule has 0 aliphatic rings. The second kappa shape index (κ2) is 6.68. The summed E-state index contributed by atoms with van der Waals surface area (Å²) in [5, 5.41) is 0. The van der Waals surface area contributed by atoms with Crippen LogP contribution in [0.1, 0.15) is 13.3 Å². The molecular weight excluding hydrogens is 224 g/mol. The Kier molecular flexibility index (Phi) is 6.66. The maximum absolute atomic E-state index is 10.7. The Morgan fingerprint density at radius 1 is 1.64 bits per heavy atom. The second-order valence-corrected chi connectivity index (χ2v) is 3.50. The minimum Gasteiger partial charge on any atom is -0.300 e. The third-order valence-electron chi connectivity index (χ3n) is 1.04. The minimum atomic E-state index is 0.202. The zero-order valence-corrected chi connectivity index (χ0v) is 9.04. The Labute approximate surface area is 80.1 Å². The average Bonchev–Trinajstić information content (AvgIpc) is 1.97. The fraction of sp³-hybridized carbons (Fsp3) is 0.375. The Hall–Kier alpha value is -0.0200. The number of halogens is 1. The van der Waals surface area contributed by atoms with Crippen molar-refractivity contribution in [1.82, 2.24) is 0 Å². The van der Waals surface area contributed by atoms with Crippen LogP contribution < -0.4 is 0 Å². The lowest BCUT2D eigenvalue weighted by molar-refractivity contribution is -0.116. The monoisotopic (exact) mass is 234 g/mol. The van der Waals surface area contributed by atoms with Crippen molar-refractivity contribution in [3.8, 4) is 0 Å². The summed E-state index contributed by atoms with van der Waals surface area (Å²) in [6.07, 6.45) is 6.31. The Morgan fingerprint density at radius 2 is 2.27 bits per heavy atom. The lowest BCUT2D eigenvalue weighted by Gasteiger charge is -1.97. The number of thioether (sulfide) groups is 1. The summed E-state index contributed by atoms with van der Waals surface area (Å²) in [6.45, 7) is 1.60. The van der Waals surface area contributed by atoms with Gasteiger partial charge in [-0.2, -0.15) is 0 Å². The number of carbonyl (C=O) groups is 1. The first-order valence-corrected chi connectivity index (χ1v) is 5.34. The first-order chi connectivity index (χ1) is 5.20. The van der Waals surface area contributed by atoms with Gasteiger partial charge in [-0.15, -0.1) is 11.8 Å². The molecule has 1 nitrogen and oxygen atoms in total. The molecule has 0 aliphatic heterocycles. The van der Waals surface area contributed by atoms with E-state index in [4.69, 9.17) is 0 Å². The normalized spacial score (nSPS) is 12.5. The molecule has 0 amide bonds. The van der Waals surface area contributed by atoms with E-state index in [0.717, 1.165) is 4.91 Å². The number of ketones is 1. The van der Waals surface area contributed by atoms with Gasteiger partial charge in [0.2, 0.25) is 0 Å². The van der Waals surface area contributed by atoms with E-state index in [1.165, 1.54) is 0 Å². The smallest absolute Gasteiger partial charge is 0.134 e. The summed E-state index contributed by atoms with van der Waals surface area (Å²) >= 11 is 4.76. The van der Waals surface area contributed by atoms with Crippen LogP contribution in [0.5, 0.6) is 0 Å². The van der Waals surface area contributed by atoms with Crippen LogP contribution >= 0.6 is 27.7 Å². The fourth-order valence-electron chi connectivity index (χ4n) is 0.588. The van der Waals surface area contributed by atoms with Crippen LogP contribution in [0.4, 0.5) is 0 Å². The molecule has 0 atom stereocenters. The van der Waals surface area contributed by atoms with Crippen molar-refractivity contribution >= 4 is 33.5 Å². The topological polar surface area (TPSA) is 17.1 Å². The predicted octanol–water partition coefficient (Wildman–Crippen LogP) is 3.12. The standard InChI is InChI=1S/C8H11BrOS/c1-7(10)6-8(11-2)4-3-5-9/h3-5H,6H2,1-2H3/b5-3+,8-4-. The molecule has 0 aromatic heterocycles. The zero-order chi connectivity index (χ0) is 8.69. The summed E-state index contributed by atoms with van der Waals surface area (Å²) in [5.74, 6) is 0.202. The van der Waals surface area contributed by atoms with Gasteiger partial charge in [-0.05, 0) is 23.1 Å². The van der Waals surface area contributed by atoms with Gasteiger partial charge < -0.3 is 0 Å². The van der Waals surface area contributed by atoms with Crippen molar-refractivity contribution in [2.75, 3.05) is 6.26 Å². The maximum atomic E-state index is 10.7. The molecule has 0 aromatic carbocycles. The van der Waals surface area contributed by atoms with Gasteiger partial charge in [0.15, 0.2) is 0 Å². The Bertz CT molecular complexity index is 185. The van der Waals surface area contributed by atoms with E-state index < -0.39 is 0 Å². The van der Waals surface area contributed by atoms with Crippen LogP contribution in [0.3, 0.4) is 0 Å². The third-order valence-corrected chi connectivity index (χ3v) is 2.15. The van der Waals surface area contributed by atoms with Gasteiger partial charge in [-0.25, -0.2) is 0 Å². The van der Waals surface area contributed by atoms with Gasteiger partial charge in [0.25, 0.3) is 0 Å². The molecule has 0 fully saturated rings. The Balaban J connectivity index is 4.04. The van der Waals surface area contributed by atoms with Gasteiger partial charge in [0, 0.05) is 6.42 Å². The predicted molar refractivity (Wildman–Crippen MR) is 55.0 cm³/mol. The highest BCUT2D eigenvalue weighted by atomic mass is 79.9. The van der Waals surface area contributed by atoms with Gasteiger partial charge in [0.1, 0.15) is 5.78 Å². The molecule has 0 radical (unpaired) electrons. The molecular formula is C8H11BrOS. The lowest BCUT2D eigenvalue weighted by atomic mass is 10.3. The van der Waals surface area contributed by atoms with Crippen molar-refractivity contribution in [2.45, 2.75) is 13.3 Å². The summed E-state index contributed by atoms with van der Waals surface area (Å²) in [6, 6.07) is 0. The van der Waals surface area contributed by atoms with Crippen molar-refractivity contribution in [2.24, 2.45) is 0 Å². The van der Waals surface area contributed by atoms with Crippen LogP contribution in [-0.4, -0.2) is 12.0 Å². The van der Waals surface area contributed by atoms with E-state index in [-0.39, 0.29) is 5.78 Å². The molecule has 11 heavy (non-hydrogen) atoms. The van der Waals surface area contributed by atoms with Gasteiger partial charge in [-0.3, -0.25) is 4.79 Å². The van der Waals surface area contributed by atoms with E-state index in [2.05, 4.69) is 15.9 Å². The van der Waals surface area contributed by atoms with Crippen molar-refractivity contribution < 1.29 is 4.79 Å². The van der Waals surface area contributed by atoms with Crippen molar-refractivity contribution in [3.63, 3.8) is 0 Å². The van der Waals surface area contributed by atoms with Crippen LogP contribution in [0.15, 0.2) is 22.0 Å². The van der Waals surface area contributed by atoms with E-state index in [1.807, 2.05) is 18.4 Å². The van der Waals surface area contributed by atoms with Crippen molar-refractivity contribution in [3.05, 3.63) is 22.0 Å². The Morgan fingerprint density at radius 3 is 2.64 bits per heavy atom. The molecule has 0 aliphatic carbocycles. The van der Waals surface area contributed by atoms with E-state index in [0.29, 0.717) is 6.42 Å². The number of rotatable bonds is 4. The number of carbonyl (C=O) groups excluding carboxylic acids is 1. The summed E-state index contributed by atoms with van der Waals surface area (Å²) in [7, 11) is 0. The molecule has 0 spiro atoms. The molecule has 0 saturated carbocycles. The molecule has 0 unspecified atom stereocenters. The minimum absolute atomic E-state index is 0.202. The largest absolute Gasteiger partial charge is 0.300 e. The number of hydrogen-bond acceptors (Lipinski definition) is 2. The second-order valence-electron chi connectivity index (χ2n) is 2.03. The molecule has 0 heterocycles. The maximum Gasteiger partial charge on any atom is 0.134 e. The highest BCUT2D eigenvalue weighted by Crippen LogP contribution is 2.16. The quantitative estimate of drug-likeness (QED) is 0.696. The third kappa shape index (κ3) is 6.38. The van der Waals surface area contributed by atoms with Gasteiger partial charge in [0.05, 0.1) is 0 Å². The van der Waals surface area contributed by atoms with E-state index in [9.17, 15) is 4.79 Å². The number of allylic oxidation sites excluding steroid dienone is 3. The molecule has 0 N–H and O–H groups in total. The van der Waals surface area contributed by atoms with Crippen LogP contribution in [0.25, 0.3) is 0 Å². The molecule has 62 valence electrons. The SMILES string of the molecule is CS/C(=C\C=C\Br)CC(C)=O. The fourth-order valence-corrected chi connectivity index (χ4v) is 1.30. The first-order valence-electron chi connectivity index (χ1n) is 3.20. The van der Waals surface area contributed by atoms with Crippen molar-refractivity contribution in [1.29, 1.82) is 0 Å². The molecule has 3 heteroatoms. The van der Waals surface area contributed by atoms with Gasteiger partial charge in [-0.1, -0.05) is 28.1 Å². The summed E-state index contributed by atoms with van der Waals surface area (Å²) in [5.41, 5.74) is 0. The number of Topliss-reactive ketones (excluding diaryl/α,β-unsaturated/α-hetero) is 1. The van der Waals surface area contributed by atoms with Crippen LogP contribution in [-0.2, 0) is 4.79 Å². The van der Waals surface area contributed by atoms with E-state index >= 15 is 0 Å².